The zero-order valence-corrected chi connectivity index (χ0v) is 12.1. The fraction of sp³-hybridized carbons (Fsp3) is 0.263. The summed E-state index contributed by atoms with van der Waals surface area (Å²) < 4.78 is 27.6. The van der Waals surface area contributed by atoms with Crippen LogP contribution < -0.4 is 0 Å². The lowest BCUT2D eigenvalue weighted by Crippen LogP contribution is -2.05. The summed E-state index contributed by atoms with van der Waals surface area (Å²) in [4.78, 5) is 0. The van der Waals surface area contributed by atoms with Gasteiger partial charge in [0.2, 0.25) is 0 Å². The highest BCUT2D eigenvalue weighted by Gasteiger charge is 2.16. The normalized spacial score (nSPS) is 13.8. The summed E-state index contributed by atoms with van der Waals surface area (Å²) in [6.07, 6.45) is 5.29. The molecule has 0 aromatic heterocycles. The van der Waals surface area contributed by atoms with Gasteiger partial charge in [0.25, 0.3) is 0 Å². The van der Waals surface area contributed by atoms with Gasteiger partial charge in [0.05, 0.1) is 0 Å². The number of aryl methyl sites for hydroxylation is 1. The van der Waals surface area contributed by atoms with Crippen LogP contribution in [0.2, 0.25) is 0 Å². The summed E-state index contributed by atoms with van der Waals surface area (Å²) in [5, 5.41) is 0. The number of allylic oxidation sites excluding steroid dienone is 2. The fourth-order valence-corrected chi connectivity index (χ4v) is 2.94. The second-order valence-corrected chi connectivity index (χ2v) is 5.59. The Morgan fingerprint density at radius 2 is 1.86 bits per heavy atom. The summed E-state index contributed by atoms with van der Waals surface area (Å²) in [5.74, 6) is -0.402. The minimum absolute atomic E-state index is 0.174. The first-order chi connectivity index (χ1) is 10.2. The average Bonchev–Trinajstić information content (AvgIpc) is 2.47. The zero-order chi connectivity index (χ0) is 14.8. The third kappa shape index (κ3) is 2.90. The van der Waals surface area contributed by atoms with Crippen molar-refractivity contribution >= 4 is 5.57 Å². The van der Waals surface area contributed by atoms with Crippen LogP contribution in [-0.4, -0.2) is 0 Å². The molecule has 0 saturated carbocycles. The fourth-order valence-electron chi connectivity index (χ4n) is 2.94. The highest BCUT2D eigenvalue weighted by Crippen LogP contribution is 2.30. The molecule has 0 spiro atoms. The van der Waals surface area contributed by atoms with Crippen molar-refractivity contribution in [2.45, 2.75) is 32.6 Å². The second-order valence-electron chi connectivity index (χ2n) is 5.59. The third-order valence-electron chi connectivity index (χ3n) is 4.04. The van der Waals surface area contributed by atoms with Gasteiger partial charge in [-0.25, -0.2) is 8.78 Å². The van der Waals surface area contributed by atoms with Crippen LogP contribution in [0.15, 0.2) is 42.5 Å². The molecule has 0 N–H and O–H groups in total. The van der Waals surface area contributed by atoms with Gasteiger partial charge in [0.15, 0.2) is 0 Å². The van der Waals surface area contributed by atoms with Gasteiger partial charge in [-0.15, -0.1) is 0 Å². The number of hydrogen-bond donors (Lipinski definition) is 0. The number of benzene rings is 2. The van der Waals surface area contributed by atoms with Crippen LogP contribution in [0.1, 0.15) is 35.6 Å². The highest BCUT2D eigenvalue weighted by atomic mass is 19.1. The standard InChI is InChI=1S/C19H18F2/c1-2-3-13-4-9-18(19(21)10-13)15-6-5-14-7-8-17(20)12-16(14)11-15/h4,6-10,12H,2-3,5,11H2,1H3. The van der Waals surface area contributed by atoms with Gasteiger partial charge < -0.3 is 0 Å². The molecular weight excluding hydrogens is 266 g/mol. The Balaban J connectivity index is 1.90. The lowest BCUT2D eigenvalue weighted by Gasteiger charge is -2.18. The van der Waals surface area contributed by atoms with E-state index in [0.717, 1.165) is 41.5 Å². The molecule has 0 atom stereocenters. The Morgan fingerprint density at radius 1 is 1.00 bits per heavy atom. The lowest BCUT2D eigenvalue weighted by molar-refractivity contribution is 0.619. The van der Waals surface area contributed by atoms with Gasteiger partial charge in [-0.2, -0.15) is 0 Å². The molecular formula is C19H18F2. The molecule has 2 aromatic rings. The molecule has 0 heterocycles. The SMILES string of the molecule is CCCc1ccc(C2=CCc3ccc(F)cc3C2)c(F)c1. The Labute approximate surface area is 124 Å². The van der Waals surface area contributed by atoms with Gasteiger partial charge in [-0.05, 0) is 59.7 Å². The summed E-state index contributed by atoms with van der Waals surface area (Å²) in [7, 11) is 0. The van der Waals surface area contributed by atoms with Gasteiger partial charge in [0.1, 0.15) is 11.6 Å². The first kappa shape index (κ1) is 14.0. The van der Waals surface area contributed by atoms with Gasteiger partial charge in [-0.3, -0.25) is 0 Å². The molecule has 108 valence electrons. The molecule has 0 bridgehead atoms. The largest absolute Gasteiger partial charge is 0.207 e. The molecule has 0 aliphatic heterocycles. The monoisotopic (exact) mass is 284 g/mol. The summed E-state index contributed by atoms with van der Waals surface area (Å²) >= 11 is 0. The topological polar surface area (TPSA) is 0 Å². The molecule has 0 fully saturated rings. The molecule has 0 radical (unpaired) electrons. The van der Waals surface area contributed by atoms with E-state index in [1.807, 2.05) is 18.2 Å². The Morgan fingerprint density at radius 3 is 2.62 bits per heavy atom. The van der Waals surface area contributed by atoms with Crippen LogP contribution in [0.4, 0.5) is 8.78 Å². The number of fused-ring (bicyclic) bond motifs is 1. The maximum absolute atomic E-state index is 14.3. The van der Waals surface area contributed by atoms with Crippen molar-refractivity contribution in [2.75, 3.05) is 0 Å². The lowest BCUT2D eigenvalue weighted by atomic mass is 9.87. The predicted molar refractivity (Wildman–Crippen MR) is 82.2 cm³/mol. The van der Waals surface area contributed by atoms with Crippen LogP contribution in [0.25, 0.3) is 5.57 Å². The van der Waals surface area contributed by atoms with E-state index in [9.17, 15) is 8.78 Å². The van der Waals surface area contributed by atoms with Gasteiger partial charge in [0, 0.05) is 5.56 Å². The Bertz CT molecular complexity index is 699. The second kappa shape index (κ2) is 5.80. The van der Waals surface area contributed by atoms with Crippen molar-refractivity contribution in [3.8, 4) is 0 Å². The van der Waals surface area contributed by atoms with E-state index in [1.54, 1.807) is 12.1 Å². The van der Waals surface area contributed by atoms with Crippen LogP contribution in [0, 0.1) is 11.6 Å². The van der Waals surface area contributed by atoms with Crippen molar-refractivity contribution in [1.29, 1.82) is 0 Å². The smallest absolute Gasteiger partial charge is 0.130 e. The van der Waals surface area contributed by atoms with Crippen LogP contribution in [-0.2, 0) is 19.3 Å². The Hall–Kier alpha value is -1.96. The van der Waals surface area contributed by atoms with Crippen molar-refractivity contribution in [2.24, 2.45) is 0 Å². The molecule has 0 unspecified atom stereocenters. The van der Waals surface area contributed by atoms with Crippen molar-refractivity contribution in [3.63, 3.8) is 0 Å². The van der Waals surface area contributed by atoms with E-state index in [0.29, 0.717) is 12.0 Å². The minimum atomic E-state index is -0.228. The quantitative estimate of drug-likeness (QED) is 0.735. The number of rotatable bonds is 3. The van der Waals surface area contributed by atoms with Gasteiger partial charge in [-0.1, -0.05) is 37.6 Å². The first-order valence-corrected chi connectivity index (χ1v) is 7.42. The van der Waals surface area contributed by atoms with Crippen molar-refractivity contribution < 1.29 is 8.78 Å². The van der Waals surface area contributed by atoms with E-state index < -0.39 is 0 Å². The molecule has 3 rings (SSSR count). The highest BCUT2D eigenvalue weighted by molar-refractivity contribution is 5.71. The van der Waals surface area contributed by atoms with Gasteiger partial charge >= 0.3 is 0 Å². The molecule has 0 amide bonds. The minimum Gasteiger partial charge on any atom is -0.207 e. The summed E-state index contributed by atoms with van der Waals surface area (Å²) in [6, 6.07) is 10.3. The molecule has 0 saturated heterocycles. The first-order valence-electron chi connectivity index (χ1n) is 7.42. The number of halogens is 2. The van der Waals surface area contributed by atoms with E-state index in [2.05, 4.69) is 13.0 Å². The zero-order valence-electron chi connectivity index (χ0n) is 12.1. The Kier molecular flexibility index (Phi) is 3.87. The van der Waals surface area contributed by atoms with E-state index in [1.165, 1.54) is 6.07 Å². The molecule has 0 nitrogen and oxygen atoms in total. The third-order valence-corrected chi connectivity index (χ3v) is 4.04. The average molecular weight is 284 g/mol. The van der Waals surface area contributed by atoms with Crippen LogP contribution >= 0.6 is 0 Å². The van der Waals surface area contributed by atoms with E-state index >= 15 is 0 Å². The molecule has 2 aromatic carbocycles. The molecule has 21 heavy (non-hydrogen) atoms. The maximum Gasteiger partial charge on any atom is 0.130 e. The van der Waals surface area contributed by atoms with Crippen molar-refractivity contribution in [3.05, 3.63) is 76.4 Å². The van der Waals surface area contributed by atoms with Crippen LogP contribution in [0.3, 0.4) is 0 Å². The molecule has 1 aliphatic rings. The maximum atomic E-state index is 14.3. The number of hydrogen-bond acceptors (Lipinski definition) is 0. The molecule has 2 heteroatoms. The van der Waals surface area contributed by atoms with E-state index in [4.69, 9.17) is 0 Å². The summed E-state index contributed by atoms with van der Waals surface area (Å²) in [6.45, 7) is 2.08. The summed E-state index contributed by atoms with van der Waals surface area (Å²) in [5.41, 5.74) is 4.72. The van der Waals surface area contributed by atoms with Crippen LogP contribution in [0.5, 0.6) is 0 Å². The molecule has 1 aliphatic carbocycles. The van der Waals surface area contributed by atoms with E-state index in [-0.39, 0.29) is 11.6 Å². The van der Waals surface area contributed by atoms with Crippen molar-refractivity contribution in [1.82, 2.24) is 0 Å². The predicted octanol–water partition coefficient (Wildman–Crippen LogP) is 5.10.